The highest BCUT2D eigenvalue weighted by molar-refractivity contribution is 7.99. The Bertz CT molecular complexity index is 289. The van der Waals surface area contributed by atoms with E-state index in [0.717, 1.165) is 24.4 Å². The average Bonchev–Trinajstić information content (AvgIpc) is 2.65. The SMILES string of the molecule is Cn1ncnc1SC1CCCC1O. The van der Waals surface area contributed by atoms with Crippen molar-refractivity contribution in [3.8, 4) is 0 Å². The van der Waals surface area contributed by atoms with Gasteiger partial charge in [0.2, 0.25) is 0 Å². The molecule has 1 aromatic rings. The molecule has 1 N–H and O–H groups in total. The molecule has 0 aromatic carbocycles. The summed E-state index contributed by atoms with van der Waals surface area (Å²) in [6.45, 7) is 0. The lowest BCUT2D eigenvalue weighted by Gasteiger charge is -2.12. The highest BCUT2D eigenvalue weighted by Gasteiger charge is 2.27. The third-order valence-corrected chi connectivity index (χ3v) is 3.78. The monoisotopic (exact) mass is 199 g/mol. The number of rotatable bonds is 2. The van der Waals surface area contributed by atoms with Crippen LogP contribution in [0, 0.1) is 0 Å². The van der Waals surface area contributed by atoms with Crippen LogP contribution in [0.3, 0.4) is 0 Å². The van der Waals surface area contributed by atoms with Crippen molar-refractivity contribution in [1.82, 2.24) is 14.8 Å². The van der Waals surface area contributed by atoms with E-state index < -0.39 is 0 Å². The number of hydrogen-bond acceptors (Lipinski definition) is 4. The smallest absolute Gasteiger partial charge is 0.186 e. The first kappa shape index (κ1) is 9.02. The van der Waals surface area contributed by atoms with Gasteiger partial charge in [-0.15, -0.1) is 0 Å². The molecule has 72 valence electrons. The Morgan fingerprint density at radius 1 is 1.62 bits per heavy atom. The van der Waals surface area contributed by atoms with E-state index >= 15 is 0 Å². The first-order chi connectivity index (χ1) is 6.27. The van der Waals surface area contributed by atoms with Crippen LogP contribution in [0.15, 0.2) is 11.5 Å². The van der Waals surface area contributed by atoms with Crippen LogP contribution < -0.4 is 0 Å². The lowest BCUT2D eigenvalue weighted by molar-refractivity contribution is 0.188. The Morgan fingerprint density at radius 2 is 2.46 bits per heavy atom. The molecule has 0 bridgehead atoms. The van der Waals surface area contributed by atoms with Gasteiger partial charge in [-0.2, -0.15) is 5.10 Å². The van der Waals surface area contributed by atoms with Crippen LogP contribution in [0.4, 0.5) is 0 Å². The summed E-state index contributed by atoms with van der Waals surface area (Å²) in [7, 11) is 1.87. The van der Waals surface area contributed by atoms with Gasteiger partial charge < -0.3 is 5.11 Å². The minimum Gasteiger partial charge on any atom is -0.392 e. The topological polar surface area (TPSA) is 50.9 Å². The summed E-state index contributed by atoms with van der Waals surface area (Å²) in [4.78, 5) is 4.12. The molecule has 1 saturated carbocycles. The third-order valence-electron chi connectivity index (χ3n) is 2.34. The van der Waals surface area contributed by atoms with Crippen molar-refractivity contribution in [3.05, 3.63) is 6.33 Å². The normalized spacial score (nSPS) is 28.2. The van der Waals surface area contributed by atoms with Gasteiger partial charge in [-0.1, -0.05) is 11.8 Å². The predicted molar refractivity (Wildman–Crippen MR) is 50.5 cm³/mol. The maximum atomic E-state index is 9.60. The molecule has 4 nitrogen and oxygen atoms in total. The van der Waals surface area contributed by atoms with Crippen LogP contribution in [0.25, 0.3) is 0 Å². The Kier molecular flexibility index (Phi) is 2.55. The molecule has 5 heteroatoms. The lowest BCUT2D eigenvalue weighted by atomic mass is 10.3. The zero-order valence-electron chi connectivity index (χ0n) is 7.55. The number of hydrogen-bond donors (Lipinski definition) is 1. The van der Waals surface area contributed by atoms with Gasteiger partial charge in [-0.05, 0) is 19.3 Å². The molecule has 1 aliphatic carbocycles. The molecule has 0 radical (unpaired) electrons. The number of aliphatic hydroxyl groups excluding tert-OH is 1. The fourth-order valence-electron chi connectivity index (χ4n) is 1.57. The van der Waals surface area contributed by atoms with Gasteiger partial charge in [0, 0.05) is 12.3 Å². The van der Waals surface area contributed by atoms with Crippen molar-refractivity contribution < 1.29 is 5.11 Å². The van der Waals surface area contributed by atoms with Gasteiger partial charge in [-0.25, -0.2) is 9.67 Å². The van der Waals surface area contributed by atoms with Crippen molar-refractivity contribution in [3.63, 3.8) is 0 Å². The number of aryl methyl sites for hydroxylation is 1. The summed E-state index contributed by atoms with van der Waals surface area (Å²) >= 11 is 1.63. The van der Waals surface area contributed by atoms with E-state index in [1.54, 1.807) is 22.8 Å². The number of thioether (sulfide) groups is 1. The van der Waals surface area contributed by atoms with Crippen molar-refractivity contribution in [1.29, 1.82) is 0 Å². The standard InChI is InChI=1S/C8H13N3OS/c1-11-8(9-5-10-11)13-7-4-2-3-6(7)12/h5-7,12H,2-4H2,1H3. The number of aromatic nitrogens is 3. The Morgan fingerprint density at radius 3 is 3.00 bits per heavy atom. The molecule has 1 heterocycles. The van der Waals surface area contributed by atoms with Crippen LogP contribution in [0.1, 0.15) is 19.3 Å². The van der Waals surface area contributed by atoms with E-state index in [-0.39, 0.29) is 6.10 Å². The Balaban J connectivity index is 2.01. The molecule has 0 spiro atoms. The van der Waals surface area contributed by atoms with Crippen LogP contribution >= 0.6 is 11.8 Å². The van der Waals surface area contributed by atoms with Gasteiger partial charge in [0.25, 0.3) is 0 Å². The molecular weight excluding hydrogens is 186 g/mol. The molecule has 13 heavy (non-hydrogen) atoms. The summed E-state index contributed by atoms with van der Waals surface area (Å²) in [6.07, 6.45) is 4.51. The van der Waals surface area contributed by atoms with E-state index in [9.17, 15) is 5.11 Å². The predicted octanol–water partition coefficient (Wildman–Crippen LogP) is 0.821. The van der Waals surface area contributed by atoms with Crippen molar-refractivity contribution >= 4 is 11.8 Å². The maximum Gasteiger partial charge on any atom is 0.186 e. The lowest BCUT2D eigenvalue weighted by Crippen LogP contribution is -2.15. The van der Waals surface area contributed by atoms with Gasteiger partial charge >= 0.3 is 0 Å². The second-order valence-electron chi connectivity index (χ2n) is 3.32. The van der Waals surface area contributed by atoms with E-state index in [2.05, 4.69) is 10.1 Å². The first-order valence-electron chi connectivity index (χ1n) is 4.46. The van der Waals surface area contributed by atoms with Crippen LogP contribution in [-0.4, -0.2) is 31.2 Å². The Hall–Kier alpha value is -0.550. The zero-order chi connectivity index (χ0) is 9.26. The van der Waals surface area contributed by atoms with Crippen LogP contribution in [0.5, 0.6) is 0 Å². The van der Waals surface area contributed by atoms with E-state index in [1.165, 1.54) is 0 Å². The average molecular weight is 199 g/mol. The van der Waals surface area contributed by atoms with Gasteiger partial charge in [-0.3, -0.25) is 0 Å². The molecule has 2 atom stereocenters. The number of nitrogens with zero attached hydrogens (tertiary/aromatic N) is 3. The summed E-state index contributed by atoms with van der Waals surface area (Å²) in [5, 5.41) is 14.8. The highest BCUT2D eigenvalue weighted by atomic mass is 32.2. The zero-order valence-corrected chi connectivity index (χ0v) is 8.37. The van der Waals surface area contributed by atoms with Crippen molar-refractivity contribution in [2.75, 3.05) is 0 Å². The van der Waals surface area contributed by atoms with E-state index in [4.69, 9.17) is 0 Å². The molecule has 2 unspecified atom stereocenters. The van der Waals surface area contributed by atoms with E-state index in [0.29, 0.717) is 5.25 Å². The molecule has 1 aromatic heterocycles. The molecular formula is C8H13N3OS. The summed E-state index contributed by atoms with van der Waals surface area (Å²) < 4.78 is 1.75. The molecule has 0 amide bonds. The van der Waals surface area contributed by atoms with Crippen LogP contribution in [0.2, 0.25) is 0 Å². The second-order valence-corrected chi connectivity index (χ2v) is 4.53. The van der Waals surface area contributed by atoms with Crippen molar-refractivity contribution in [2.24, 2.45) is 7.05 Å². The first-order valence-corrected chi connectivity index (χ1v) is 5.34. The largest absolute Gasteiger partial charge is 0.392 e. The quantitative estimate of drug-likeness (QED) is 0.766. The minimum atomic E-state index is -0.165. The van der Waals surface area contributed by atoms with Crippen molar-refractivity contribution in [2.45, 2.75) is 35.8 Å². The third kappa shape index (κ3) is 1.86. The summed E-state index contributed by atoms with van der Waals surface area (Å²) in [5.41, 5.74) is 0. The second kappa shape index (κ2) is 3.67. The maximum absolute atomic E-state index is 9.60. The Labute approximate surface area is 81.4 Å². The van der Waals surface area contributed by atoms with E-state index in [1.807, 2.05) is 7.05 Å². The van der Waals surface area contributed by atoms with Crippen LogP contribution in [-0.2, 0) is 7.05 Å². The molecule has 1 fully saturated rings. The number of aliphatic hydroxyl groups is 1. The molecule has 0 aliphatic heterocycles. The fourth-order valence-corrected chi connectivity index (χ4v) is 2.73. The van der Waals surface area contributed by atoms with Gasteiger partial charge in [0.05, 0.1) is 6.10 Å². The van der Waals surface area contributed by atoms with Gasteiger partial charge in [0.1, 0.15) is 6.33 Å². The van der Waals surface area contributed by atoms with Gasteiger partial charge in [0.15, 0.2) is 5.16 Å². The summed E-state index contributed by atoms with van der Waals surface area (Å²) in [6, 6.07) is 0. The highest BCUT2D eigenvalue weighted by Crippen LogP contribution is 2.33. The fraction of sp³-hybridized carbons (Fsp3) is 0.750. The minimum absolute atomic E-state index is 0.165. The molecule has 1 aliphatic rings. The molecule has 2 rings (SSSR count). The molecule has 0 saturated heterocycles. The summed E-state index contributed by atoms with van der Waals surface area (Å²) in [5.74, 6) is 0.